The fourth-order valence-electron chi connectivity index (χ4n) is 3.69. The summed E-state index contributed by atoms with van der Waals surface area (Å²) in [5.74, 6) is 0.285. The monoisotopic (exact) mass is 322 g/mol. The van der Waals surface area contributed by atoms with Gasteiger partial charge >= 0.3 is 0 Å². The molecule has 1 amide bonds. The van der Waals surface area contributed by atoms with Crippen LogP contribution < -0.4 is 11.1 Å². The van der Waals surface area contributed by atoms with Gasteiger partial charge in [-0.2, -0.15) is 0 Å². The van der Waals surface area contributed by atoms with E-state index in [2.05, 4.69) is 30.4 Å². The second-order valence-corrected chi connectivity index (χ2v) is 6.74. The normalized spacial score (nSPS) is 25.0. The van der Waals surface area contributed by atoms with E-state index in [1.165, 1.54) is 42.4 Å². The predicted octanol–water partition coefficient (Wildman–Crippen LogP) is 3.29. The van der Waals surface area contributed by atoms with Crippen LogP contribution in [0.5, 0.6) is 0 Å². The minimum Gasteiger partial charge on any atom is -0.349 e. The third kappa shape index (κ3) is 3.82. The highest BCUT2D eigenvalue weighted by atomic mass is 35.5. The van der Waals surface area contributed by atoms with Crippen molar-refractivity contribution in [1.29, 1.82) is 0 Å². The molecular formula is C18H27ClN2O. The molecule has 1 saturated carbocycles. The molecule has 0 bridgehead atoms. The number of nitrogens with two attached hydrogens (primary N) is 1. The molecule has 0 radical (unpaired) electrons. The van der Waals surface area contributed by atoms with Crippen LogP contribution in [0, 0.1) is 5.92 Å². The van der Waals surface area contributed by atoms with E-state index < -0.39 is 0 Å². The summed E-state index contributed by atoms with van der Waals surface area (Å²) in [6.45, 7) is 2.08. The molecule has 0 saturated heterocycles. The minimum absolute atomic E-state index is 0. The van der Waals surface area contributed by atoms with Gasteiger partial charge in [-0.1, -0.05) is 18.2 Å². The first kappa shape index (κ1) is 17.3. The van der Waals surface area contributed by atoms with Gasteiger partial charge in [0.1, 0.15) is 0 Å². The van der Waals surface area contributed by atoms with Crippen LogP contribution in [0.25, 0.3) is 0 Å². The molecule has 122 valence electrons. The van der Waals surface area contributed by atoms with Crippen molar-refractivity contribution >= 4 is 18.3 Å². The second kappa shape index (κ2) is 7.47. The average Bonchev–Trinajstić information content (AvgIpc) is 2.93. The molecule has 3 nitrogen and oxygen atoms in total. The van der Waals surface area contributed by atoms with Gasteiger partial charge in [-0.05, 0) is 68.6 Å². The van der Waals surface area contributed by atoms with Crippen LogP contribution in [-0.2, 0) is 17.6 Å². The predicted molar refractivity (Wildman–Crippen MR) is 92.2 cm³/mol. The Morgan fingerprint density at radius 3 is 2.64 bits per heavy atom. The second-order valence-electron chi connectivity index (χ2n) is 6.74. The molecule has 3 N–H and O–H groups in total. The Morgan fingerprint density at radius 2 is 1.95 bits per heavy atom. The first-order chi connectivity index (χ1) is 10.1. The first-order valence-electron chi connectivity index (χ1n) is 8.31. The van der Waals surface area contributed by atoms with Crippen molar-refractivity contribution in [3.63, 3.8) is 0 Å². The smallest absolute Gasteiger partial charge is 0.223 e. The van der Waals surface area contributed by atoms with Crippen molar-refractivity contribution in [2.24, 2.45) is 11.7 Å². The third-order valence-corrected chi connectivity index (χ3v) is 5.08. The maximum atomic E-state index is 12.3. The van der Waals surface area contributed by atoms with Crippen LogP contribution in [-0.4, -0.2) is 11.9 Å². The fourth-order valence-corrected chi connectivity index (χ4v) is 3.69. The summed E-state index contributed by atoms with van der Waals surface area (Å²) in [6, 6.07) is 7.01. The van der Waals surface area contributed by atoms with Crippen molar-refractivity contribution in [2.45, 2.75) is 64.0 Å². The quantitative estimate of drug-likeness (QED) is 0.897. The molecule has 3 unspecified atom stereocenters. The van der Waals surface area contributed by atoms with Gasteiger partial charge in [0.05, 0.1) is 6.04 Å². The van der Waals surface area contributed by atoms with Crippen LogP contribution in [0.15, 0.2) is 18.2 Å². The number of halogens is 1. The number of rotatable bonds is 3. The third-order valence-electron chi connectivity index (χ3n) is 5.08. The summed E-state index contributed by atoms with van der Waals surface area (Å²) in [5.41, 5.74) is 10.1. The van der Waals surface area contributed by atoms with Gasteiger partial charge in [0.25, 0.3) is 0 Å². The lowest BCUT2D eigenvalue weighted by Crippen LogP contribution is -2.32. The van der Waals surface area contributed by atoms with Crippen LogP contribution in [0.3, 0.4) is 0 Å². The fraction of sp³-hybridized carbons (Fsp3) is 0.611. The largest absolute Gasteiger partial charge is 0.349 e. The van der Waals surface area contributed by atoms with Crippen LogP contribution in [0.4, 0.5) is 0 Å². The Morgan fingerprint density at radius 1 is 1.23 bits per heavy atom. The van der Waals surface area contributed by atoms with E-state index in [0.717, 1.165) is 19.3 Å². The van der Waals surface area contributed by atoms with Gasteiger partial charge in [-0.25, -0.2) is 0 Å². The zero-order valence-electron chi connectivity index (χ0n) is 13.3. The molecule has 22 heavy (non-hydrogen) atoms. The highest BCUT2D eigenvalue weighted by Gasteiger charge is 2.28. The van der Waals surface area contributed by atoms with Gasteiger partial charge in [0, 0.05) is 12.0 Å². The van der Waals surface area contributed by atoms with Crippen molar-refractivity contribution in [3.8, 4) is 0 Å². The van der Waals surface area contributed by atoms with E-state index in [0.29, 0.717) is 0 Å². The number of carbonyl (C=O) groups excluding carboxylic acids is 1. The van der Waals surface area contributed by atoms with E-state index in [-0.39, 0.29) is 36.3 Å². The molecule has 1 aromatic rings. The van der Waals surface area contributed by atoms with E-state index in [9.17, 15) is 4.79 Å². The Hall–Kier alpha value is -1.06. The number of hydrogen-bond donors (Lipinski definition) is 2. The van der Waals surface area contributed by atoms with E-state index in [1.54, 1.807) is 0 Å². The Kier molecular flexibility index (Phi) is 5.87. The topological polar surface area (TPSA) is 55.1 Å². The van der Waals surface area contributed by atoms with E-state index in [1.807, 2.05) is 0 Å². The molecule has 4 heteroatoms. The molecule has 3 rings (SSSR count). The van der Waals surface area contributed by atoms with Gasteiger partial charge in [-0.15, -0.1) is 12.4 Å². The lowest BCUT2D eigenvalue weighted by molar-refractivity contribution is -0.125. The van der Waals surface area contributed by atoms with Gasteiger partial charge in [0.2, 0.25) is 5.91 Å². The molecule has 1 aromatic carbocycles. The number of amides is 1. The Labute approximate surface area is 139 Å². The Bertz CT molecular complexity index is 532. The number of nitrogens with one attached hydrogen (secondary N) is 1. The highest BCUT2D eigenvalue weighted by Crippen LogP contribution is 2.27. The minimum atomic E-state index is 0. The average molecular weight is 323 g/mol. The number of benzene rings is 1. The standard InChI is InChI=1S/C18H26N2O.ClH/c1-12(20-18(21)16-8-9-17(19)11-16)14-7-6-13-4-2-3-5-15(13)10-14;/h6-7,10,12,16-17H,2-5,8-9,11,19H2,1H3,(H,20,21);1H. The lowest BCUT2D eigenvalue weighted by atomic mass is 9.89. The molecule has 0 heterocycles. The number of fused-ring (bicyclic) bond motifs is 1. The van der Waals surface area contributed by atoms with Gasteiger partial charge in [-0.3, -0.25) is 4.79 Å². The zero-order valence-corrected chi connectivity index (χ0v) is 14.1. The Balaban J connectivity index is 0.00000176. The first-order valence-corrected chi connectivity index (χ1v) is 8.31. The summed E-state index contributed by atoms with van der Waals surface area (Å²) in [4.78, 5) is 12.3. The van der Waals surface area contributed by atoms with Gasteiger partial charge in [0.15, 0.2) is 0 Å². The summed E-state index contributed by atoms with van der Waals surface area (Å²) in [7, 11) is 0. The van der Waals surface area contributed by atoms with Crippen LogP contribution in [0.2, 0.25) is 0 Å². The molecular weight excluding hydrogens is 296 g/mol. The summed E-state index contributed by atoms with van der Waals surface area (Å²) in [5, 5.41) is 3.17. The molecule has 2 aliphatic carbocycles. The van der Waals surface area contributed by atoms with Crippen molar-refractivity contribution in [1.82, 2.24) is 5.32 Å². The van der Waals surface area contributed by atoms with E-state index in [4.69, 9.17) is 5.73 Å². The summed E-state index contributed by atoms with van der Waals surface area (Å²) in [6.07, 6.45) is 7.73. The number of carbonyl (C=O) groups is 1. The number of hydrogen-bond acceptors (Lipinski definition) is 2. The number of aryl methyl sites for hydroxylation is 2. The molecule has 0 aliphatic heterocycles. The van der Waals surface area contributed by atoms with Crippen molar-refractivity contribution in [3.05, 3.63) is 34.9 Å². The molecule has 0 aromatic heterocycles. The van der Waals surface area contributed by atoms with Gasteiger partial charge < -0.3 is 11.1 Å². The SMILES string of the molecule is CC(NC(=O)C1CCC(N)C1)c1ccc2c(c1)CCCC2.Cl. The molecule has 3 atom stereocenters. The van der Waals surface area contributed by atoms with Crippen LogP contribution in [0.1, 0.15) is 61.8 Å². The zero-order chi connectivity index (χ0) is 14.8. The molecule has 2 aliphatic rings. The summed E-state index contributed by atoms with van der Waals surface area (Å²) >= 11 is 0. The van der Waals surface area contributed by atoms with Crippen molar-refractivity contribution < 1.29 is 4.79 Å². The van der Waals surface area contributed by atoms with Crippen molar-refractivity contribution in [2.75, 3.05) is 0 Å². The summed E-state index contributed by atoms with van der Waals surface area (Å²) < 4.78 is 0. The highest BCUT2D eigenvalue weighted by molar-refractivity contribution is 5.85. The van der Waals surface area contributed by atoms with E-state index >= 15 is 0 Å². The maximum absolute atomic E-state index is 12.3. The lowest BCUT2D eigenvalue weighted by Gasteiger charge is -2.21. The molecule has 1 fully saturated rings. The maximum Gasteiger partial charge on any atom is 0.223 e. The molecule has 0 spiro atoms. The van der Waals surface area contributed by atoms with Crippen LogP contribution >= 0.6 is 12.4 Å².